The SMILES string of the molecule is Fc1ccc(OCc2ccnc3ccccc23)cc1Br. The molecule has 3 aromatic rings. The van der Waals surface area contributed by atoms with Gasteiger partial charge in [0.25, 0.3) is 0 Å². The Morgan fingerprint density at radius 3 is 2.80 bits per heavy atom. The summed E-state index contributed by atoms with van der Waals surface area (Å²) in [5.41, 5.74) is 1.99. The van der Waals surface area contributed by atoms with Gasteiger partial charge in [0.05, 0.1) is 9.99 Å². The van der Waals surface area contributed by atoms with Crippen LogP contribution in [0.5, 0.6) is 5.75 Å². The molecule has 0 amide bonds. The standard InChI is InChI=1S/C16H11BrFNO/c17-14-9-12(5-6-15(14)18)20-10-11-7-8-19-16-4-2-1-3-13(11)16/h1-9H,10H2. The third-order valence-corrected chi connectivity index (χ3v) is 3.63. The third-order valence-electron chi connectivity index (χ3n) is 3.02. The van der Waals surface area contributed by atoms with E-state index in [4.69, 9.17) is 4.74 Å². The molecule has 0 bridgehead atoms. The fourth-order valence-corrected chi connectivity index (χ4v) is 2.37. The molecule has 2 nitrogen and oxygen atoms in total. The number of hydrogen-bond donors (Lipinski definition) is 0. The third kappa shape index (κ3) is 2.65. The lowest BCUT2D eigenvalue weighted by Crippen LogP contribution is -1.97. The van der Waals surface area contributed by atoms with E-state index in [1.807, 2.05) is 30.3 Å². The zero-order chi connectivity index (χ0) is 13.9. The molecule has 2 aromatic carbocycles. The van der Waals surface area contributed by atoms with Crippen LogP contribution in [-0.4, -0.2) is 4.98 Å². The van der Waals surface area contributed by atoms with E-state index in [1.165, 1.54) is 6.07 Å². The van der Waals surface area contributed by atoms with Crippen molar-refractivity contribution in [3.05, 3.63) is 70.6 Å². The lowest BCUT2D eigenvalue weighted by molar-refractivity contribution is 0.307. The maximum atomic E-state index is 13.2. The Bertz CT molecular complexity index is 755. The van der Waals surface area contributed by atoms with Crippen molar-refractivity contribution in [3.8, 4) is 5.75 Å². The summed E-state index contributed by atoms with van der Waals surface area (Å²) >= 11 is 3.15. The Morgan fingerprint density at radius 1 is 1.10 bits per heavy atom. The molecule has 0 radical (unpaired) electrons. The second-order valence-corrected chi connectivity index (χ2v) is 5.21. The zero-order valence-electron chi connectivity index (χ0n) is 10.5. The quantitative estimate of drug-likeness (QED) is 0.693. The average molecular weight is 332 g/mol. The van der Waals surface area contributed by atoms with Gasteiger partial charge in [-0.3, -0.25) is 4.98 Å². The van der Waals surface area contributed by atoms with Crippen molar-refractivity contribution < 1.29 is 9.13 Å². The van der Waals surface area contributed by atoms with E-state index in [0.29, 0.717) is 16.8 Å². The molecule has 0 saturated carbocycles. The van der Waals surface area contributed by atoms with Crippen molar-refractivity contribution in [2.75, 3.05) is 0 Å². The first-order valence-electron chi connectivity index (χ1n) is 6.14. The summed E-state index contributed by atoms with van der Waals surface area (Å²) in [6, 6.07) is 14.5. The molecule has 20 heavy (non-hydrogen) atoms. The van der Waals surface area contributed by atoms with Gasteiger partial charge >= 0.3 is 0 Å². The highest BCUT2D eigenvalue weighted by atomic mass is 79.9. The van der Waals surface area contributed by atoms with Crippen LogP contribution in [-0.2, 0) is 6.61 Å². The van der Waals surface area contributed by atoms with Crippen LogP contribution in [0.3, 0.4) is 0 Å². The van der Waals surface area contributed by atoms with Gasteiger partial charge in [0, 0.05) is 17.1 Å². The van der Waals surface area contributed by atoms with Crippen molar-refractivity contribution in [2.45, 2.75) is 6.61 Å². The smallest absolute Gasteiger partial charge is 0.137 e. The number of aromatic nitrogens is 1. The molecule has 0 unspecified atom stereocenters. The Morgan fingerprint density at radius 2 is 1.95 bits per heavy atom. The first-order valence-corrected chi connectivity index (χ1v) is 6.94. The van der Waals surface area contributed by atoms with Crippen LogP contribution in [0.25, 0.3) is 10.9 Å². The summed E-state index contributed by atoms with van der Waals surface area (Å²) in [5, 5.41) is 1.07. The van der Waals surface area contributed by atoms with Gasteiger partial charge in [-0.05, 0) is 46.3 Å². The number of rotatable bonds is 3. The van der Waals surface area contributed by atoms with E-state index < -0.39 is 0 Å². The van der Waals surface area contributed by atoms with Gasteiger partial charge in [-0.2, -0.15) is 0 Å². The Kier molecular flexibility index (Phi) is 3.65. The highest BCUT2D eigenvalue weighted by Gasteiger charge is 2.04. The molecule has 1 heterocycles. The molecular weight excluding hydrogens is 321 g/mol. The van der Waals surface area contributed by atoms with E-state index in [0.717, 1.165) is 16.5 Å². The Hall–Kier alpha value is -1.94. The minimum Gasteiger partial charge on any atom is -0.489 e. The summed E-state index contributed by atoms with van der Waals surface area (Å²) < 4.78 is 19.3. The molecule has 0 aliphatic rings. The summed E-state index contributed by atoms with van der Waals surface area (Å²) in [4.78, 5) is 4.31. The minimum absolute atomic E-state index is 0.299. The van der Waals surface area contributed by atoms with Gasteiger partial charge < -0.3 is 4.74 Å². The van der Waals surface area contributed by atoms with Crippen molar-refractivity contribution in [1.82, 2.24) is 4.98 Å². The average Bonchev–Trinajstić information content (AvgIpc) is 2.48. The molecule has 0 spiro atoms. The van der Waals surface area contributed by atoms with Crippen LogP contribution in [0.15, 0.2) is 59.2 Å². The second-order valence-electron chi connectivity index (χ2n) is 4.35. The van der Waals surface area contributed by atoms with E-state index >= 15 is 0 Å². The van der Waals surface area contributed by atoms with Crippen LogP contribution >= 0.6 is 15.9 Å². The fourth-order valence-electron chi connectivity index (χ4n) is 2.01. The van der Waals surface area contributed by atoms with Crippen LogP contribution in [0.2, 0.25) is 0 Å². The van der Waals surface area contributed by atoms with Crippen molar-refractivity contribution in [3.63, 3.8) is 0 Å². The van der Waals surface area contributed by atoms with E-state index in [2.05, 4.69) is 20.9 Å². The van der Waals surface area contributed by atoms with Crippen molar-refractivity contribution >= 4 is 26.8 Å². The van der Waals surface area contributed by atoms with Gasteiger partial charge in [-0.1, -0.05) is 18.2 Å². The molecule has 0 N–H and O–H groups in total. The molecular formula is C16H11BrFNO. The normalized spacial score (nSPS) is 10.7. The Balaban J connectivity index is 1.85. The van der Waals surface area contributed by atoms with E-state index in [9.17, 15) is 4.39 Å². The number of pyridine rings is 1. The number of benzene rings is 2. The number of fused-ring (bicyclic) bond motifs is 1. The molecule has 0 atom stereocenters. The first-order chi connectivity index (χ1) is 9.74. The minimum atomic E-state index is -0.299. The monoisotopic (exact) mass is 331 g/mol. The molecule has 100 valence electrons. The molecule has 0 aliphatic heterocycles. The van der Waals surface area contributed by atoms with Gasteiger partial charge in [-0.15, -0.1) is 0 Å². The van der Waals surface area contributed by atoms with Gasteiger partial charge in [-0.25, -0.2) is 4.39 Å². The summed E-state index contributed by atoms with van der Waals surface area (Å²) in [6.07, 6.45) is 1.77. The largest absolute Gasteiger partial charge is 0.489 e. The topological polar surface area (TPSA) is 22.1 Å². The van der Waals surface area contributed by atoms with Gasteiger partial charge in [0.2, 0.25) is 0 Å². The van der Waals surface area contributed by atoms with Gasteiger partial charge in [0.1, 0.15) is 18.2 Å². The number of nitrogens with zero attached hydrogens (tertiary/aromatic N) is 1. The van der Waals surface area contributed by atoms with E-state index in [1.54, 1.807) is 18.3 Å². The summed E-state index contributed by atoms with van der Waals surface area (Å²) in [5.74, 6) is 0.325. The van der Waals surface area contributed by atoms with Crippen molar-refractivity contribution in [1.29, 1.82) is 0 Å². The predicted molar refractivity (Wildman–Crippen MR) is 80.2 cm³/mol. The van der Waals surface area contributed by atoms with Crippen LogP contribution in [0, 0.1) is 5.82 Å². The van der Waals surface area contributed by atoms with Gasteiger partial charge in [0.15, 0.2) is 0 Å². The van der Waals surface area contributed by atoms with Crippen LogP contribution in [0.1, 0.15) is 5.56 Å². The van der Waals surface area contributed by atoms with Crippen molar-refractivity contribution in [2.24, 2.45) is 0 Å². The van der Waals surface area contributed by atoms with E-state index in [-0.39, 0.29) is 5.82 Å². The summed E-state index contributed by atoms with van der Waals surface area (Å²) in [6.45, 7) is 0.418. The number of hydrogen-bond acceptors (Lipinski definition) is 2. The van der Waals surface area contributed by atoms with Crippen LogP contribution < -0.4 is 4.74 Å². The molecule has 3 rings (SSSR count). The molecule has 0 saturated heterocycles. The lowest BCUT2D eigenvalue weighted by atomic mass is 10.1. The first kappa shape index (κ1) is 13.1. The number of ether oxygens (including phenoxy) is 1. The highest BCUT2D eigenvalue weighted by molar-refractivity contribution is 9.10. The summed E-state index contributed by atoms with van der Waals surface area (Å²) in [7, 11) is 0. The zero-order valence-corrected chi connectivity index (χ0v) is 12.1. The van der Waals surface area contributed by atoms with Crippen LogP contribution in [0.4, 0.5) is 4.39 Å². The maximum absolute atomic E-state index is 13.2. The predicted octanol–water partition coefficient (Wildman–Crippen LogP) is 4.72. The molecule has 1 aromatic heterocycles. The number of para-hydroxylation sites is 1. The lowest BCUT2D eigenvalue weighted by Gasteiger charge is -2.09. The molecule has 0 fully saturated rings. The Labute approximate surface area is 124 Å². The highest BCUT2D eigenvalue weighted by Crippen LogP contribution is 2.23. The molecule has 4 heteroatoms. The maximum Gasteiger partial charge on any atom is 0.137 e. The molecule has 0 aliphatic carbocycles. The fraction of sp³-hybridized carbons (Fsp3) is 0.0625. The number of halogens is 2. The second kappa shape index (κ2) is 5.59.